The highest BCUT2D eigenvalue weighted by Crippen LogP contribution is 2.25. The van der Waals surface area contributed by atoms with Crippen molar-refractivity contribution >= 4 is 17.6 Å². The van der Waals surface area contributed by atoms with Crippen LogP contribution in [0.2, 0.25) is 0 Å². The second kappa shape index (κ2) is 6.46. The summed E-state index contributed by atoms with van der Waals surface area (Å²) < 4.78 is 0. The number of hydrazine groups is 1. The van der Waals surface area contributed by atoms with E-state index in [4.69, 9.17) is 5.11 Å². The van der Waals surface area contributed by atoms with Gasteiger partial charge in [-0.2, -0.15) is 0 Å². The number of carboxylic acid groups (broad SMARTS) is 1. The SMILES string of the molecule is CC(C)(C)C1CC(C(=O)Nc2ccc(CC(=O)O)cc2)NN1. The summed E-state index contributed by atoms with van der Waals surface area (Å²) in [6.45, 7) is 6.40. The van der Waals surface area contributed by atoms with E-state index in [2.05, 4.69) is 36.9 Å². The summed E-state index contributed by atoms with van der Waals surface area (Å²) in [5.74, 6) is -0.962. The molecule has 6 nitrogen and oxygen atoms in total. The zero-order chi connectivity index (χ0) is 16.3. The summed E-state index contributed by atoms with van der Waals surface area (Å²) in [6, 6.07) is 6.83. The Kier molecular flexibility index (Phi) is 4.83. The minimum Gasteiger partial charge on any atom is -0.481 e. The molecule has 0 spiro atoms. The molecule has 1 aliphatic heterocycles. The lowest BCUT2D eigenvalue weighted by atomic mass is 9.84. The average Bonchev–Trinajstić information content (AvgIpc) is 2.90. The average molecular weight is 305 g/mol. The van der Waals surface area contributed by atoms with Crippen molar-refractivity contribution in [2.24, 2.45) is 5.41 Å². The maximum absolute atomic E-state index is 12.2. The first-order valence-corrected chi connectivity index (χ1v) is 7.38. The molecule has 2 atom stereocenters. The van der Waals surface area contributed by atoms with Crippen LogP contribution in [0.3, 0.4) is 0 Å². The molecule has 1 amide bonds. The second-order valence-electron chi connectivity index (χ2n) is 6.75. The molecule has 0 aliphatic carbocycles. The molecule has 4 N–H and O–H groups in total. The highest BCUT2D eigenvalue weighted by atomic mass is 16.4. The first kappa shape index (κ1) is 16.5. The van der Waals surface area contributed by atoms with Gasteiger partial charge in [-0.25, -0.2) is 5.43 Å². The molecule has 0 aromatic heterocycles. The normalized spacial score (nSPS) is 21.6. The lowest BCUT2D eigenvalue weighted by molar-refractivity contribution is -0.136. The molecule has 0 bridgehead atoms. The lowest BCUT2D eigenvalue weighted by Crippen LogP contribution is -2.42. The molecule has 1 saturated heterocycles. The van der Waals surface area contributed by atoms with Crippen molar-refractivity contribution < 1.29 is 14.7 Å². The van der Waals surface area contributed by atoms with Crippen LogP contribution in [0, 0.1) is 5.41 Å². The van der Waals surface area contributed by atoms with Crippen LogP contribution in [0.4, 0.5) is 5.69 Å². The van der Waals surface area contributed by atoms with Gasteiger partial charge in [-0.3, -0.25) is 15.0 Å². The van der Waals surface area contributed by atoms with Gasteiger partial charge >= 0.3 is 5.97 Å². The Morgan fingerprint density at radius 3 is 2.36 bits per heavy atom. The highest BCUT2D eigenvalue weighted by molar-refractivity contribution is 5.95. The molecule has 1 aromatic carbocycles. The Labute approximate surface area is 130 Å². The zero-order valence-electron chi connectivity index (χ0n) is 13.1. The fraction of sp³-hybridized carbons (Fsp3) is 0.500. The van der Waals surface area contributed by atoms with Crippen molar-refractivity contribution in [3.8, 4) is 0 Å². The quantitative estimate of drug-likeness (QED) is 0.677. The third kappa shape index (κ3) is 4.29. The number of aliphatic carboxylic acids is 1. The summed E-state index contributed by atoms with van der Waals surface area (Å²) in [6.07, 6.45) is 0.710. The molecule has 1 heterocycles. The summed E-state index contributed by atoms with van der Waals surface area (Å²) in [7, 11) is 0. The van der Waals surface area contributed by atoms with E-state index < -0.39 is 5.97 Å². The van der Waals surface area contributed by atoms with Crippen LogP contribution in [0.15, 0.2) is 24.3 Å². The van der Waals surface area contributed by atoms with E-state index in [1.165, 1.54) is 0 Å². The van der Waals surface area contributed by atoms with Crippen molar-refractivity contribution in [1.29, 1.82) is 0 Å². The van der Waals surface area contributed by atoms with Gasteiger partial charge in [0.05, 0.1) is 6.42 Å². The van der Waals surface area contributed by atoms with Crippen LogP contribution < -0.4 is 16.2 Å². The standard InChI is InChI=1S/C16H23N3O3/c1-16(2,3)13-9-12(18-19-13)15(22)17-11-6-4-10(5-7-11)8-14(20)21/h4-7,12-13,18-19H,8-9H2,1-3H3,(H,17,22)(H,20,21). The highest BCUT2D eigenvalue weighted by Gasteiger charge is 2.35. The fourth-order valence-corrected chi connectivity index (χ4v) is 2.41. The fourth-order valence-electron chi connectivity index (χ4n) is 2.41. The molecule has 1 fully saturated rings. The number of benzene rings is 1. The van der Waals surface area contributed by atoms with Gasteiger partial charge in [-0.15, -0.1) is 0 Å². The first-order chi connectivity index (χ1) is 10.3. The summed E-state index contributed by atoms with van der Waals surface area (Å²) in [4.78, 5) is 22.9. The number of hydrogen-bond acceptors (Lipinski definition) is 4. The first-order valence-electron chi connectivity index (χ1n) is 7.38. The number of carbonyl (C=O) groups excluding carboxylic acids is 1. The van der Waals surface area contributed by atoms with Gasteiger partial charge in [0.15, 0.2) is 0 Å². The third-order valence-electron chi connectivity index (χ3n) is 3.84. The molecule has 22 heavy (non-hydrogen) atoms. The van der Waals surface area contributed by atoms with Gasteiger partial charge in [0.1, 0.15) is 6.04 Å². The van der Waals surface area contributed by atoms with Gasteiger partial charge in [0, 0.05) is 11.7 Å². The second-order valence-corrected chi connectivity index (χ2v) is 6.75. The number of amides is 1. The monoisotopic (exact) mass is 305 g/mol. The summed E-state index contributed by atoms with van der Waals surface area (Å²) in [5, 5.41) is 11.6. The molecule has 1 aromatic rings. The van der Waals surface area contributed by atoms with E-state index in [-0.39, 0.29) is 29.8 Å². The largest absolute Gasteiger partial charge is 0.481 e. The minimum absolute atomic E-state index is 0.0183. The van der Waals surface area contributed by atoms with Gasteiger partial charge < -0.3 is 10.4 Å². The van der Waals surface area contributed by atoms with Crippen molar-refractivity contribution in [3.05, 3.63) is 29.8 Å². The van der Waals surface area contributed by atoms with E-state index in [1.54, 1.807) is 24.3 Å². The topological polar surface area (TPSA) is 90.5 Å². The maximum Gasteiger partial charge on any atom is 0.307 e. The van der Waals surface area contributed by atoms with E-state index >= 15 is 0 Å². The number of nitrogens with one attached hydrogen (secondary N) is 3. The van der Waals surface area contributed by atoms with Crippen LogP contribution in [-0.2, 0) is 16.0 Å². The zero-order valence-corrected chi connectivity index (χ0v) is 13.1. The maximum atomic E-state index is 12.2. The number of carboxylic acids is 1. The van der Waals surface area contributed by atoms with Crippen LogP contribution in [-0.4, -0.2) is 29.1 Å². The Morgan fingerprint density at radius 2 is 1.86 bits per heavy atom. The molecule has 2 unspecified atom stereocenters. The van der Waals surface area contributed by atoms with E-state index in [1.807, 2.05) is 0 Å². The summed E-state index contributed by atoms with van der Waals surface area (Å²) >= 11 is 0. The third-order valence-corrected chi connectivity index (χ3v) is 3.84. The van der Waals surface area contributed by atoms with Gasteiger partial charge in [-0.1, -0.05) is 32.9 Å². The Morgan fingerprint density at radius 1 is 1.23 bits per heavy atom. The van der Waals surface area contributed by atoms with Crippen molar-refractivity contribution in [2.45, 2.75) is 45.7 Å². The molecular formula is C16H23N3O3. The predicted molar refractivity (Wildman–Crippen MR) is 84.3 cm³/mol. The van der Waals surface area contributed by atoms with Crippen LogP contribution in [0.25, 0.3) is 0 Å². The smallest absolute Gasteiger partial charge is 0.307 e. The Balaban J connectivity index is 1.91. The van der Waals surface area contributed by atoms with Crippen LogP contribution in [0.1, 0.15) is 32.8 Å². The Bertz CT molecular complexity index is 549. The molecule has 0 radical (unpaired) electrons. The molecule has 2 rings (SSSR count). The number of anilines is 1. The predicted octanol–water partition coefficient (Wildman–Crippen LogP) is 1.53. The Hall–Kier alpha value is -1.92. The number of rotatable bonds is 4. The van der Waals surface area contributed by atoms with E-state index in [9.17, 15) is 9.59 Å². The number of hydrogen-bond donors (Lipinski definition) is 4. The van der Waals surface area contributed by atoms with Crippen molar-refractivity contribution in [2.75, 3.05) is 5.32 Å². The van der Waals surface area contributed by atoms with Gasteiger partial charge in [0.25, 0.3) is 0 Å². The van der Waals surface area contributed by atoms with Crippen molar-refractivity contribution in [1.82, 2.24) is 10.9 Å². The molecule has 0 saturated carbocycles. The molecule has 120 valence electrons. The lowest BCUT2D eigenvalue weighted by Gasteiger charge is -2.25. The minimum atomic E-state index is -0.869. The van der Waals surface area contributed by atoms with Gasteiger partial charge in [0.2, 0.25) is 5.91 Å². The molecule has 6 heteroatoms. The summed E-state index contributed by atoms with van der Waals surface area (Å²) in [5.41, 5.74) is 7.66. The molecule has 1 aliphatic rings. The van der Waals surface area contributed by atoms with Crippen LogP contribution in [0.5, 0.6) is 0 Å². The van der Waals surface area contributed by atoms with E-state index in [0.29, 0.717) is 11.3 Å². The van der Waals surface area contributed by atoms with E-state index in [0.717, 1.165) is 6.42 Å². The van der Waals surface area contributed by atoms with Gasteiger partial charge in [-0.05, 0) is 29.5 Å². The van der Waals surface area contributed by atoms with Crippen molar-refractivity contribution in [3.63, 3.8) is 0 Å². The molecular weight excluding hydrogens is 282 g/mol. The van der Waals surface area contributed by atoms with Crippen LogP contribution >= 0.6 is 0 Å². The number of carbonyl (C=O) groups is 2.